The van der Waals surface area contributed by atoms with Crippen molar-refractivity contribution < 1.29 is 36.9 Å². The normalized spacial score (nSPS) is 18.2. The molecule has 1 aromatic heterocycles. The standard InChI is InChI=1S/C33H40F4N4O4/c1-44-24-2-3-29-25(18-24)31(22(20-39-29)21-41-12-14-45-15-13-41)26(34)4-5-33(19-30(42)43)6-9-40(10-7-33)11-8-38-23-16-27(35)32(37)28(36)17-23/h2-3,16-18,20,26,38H,4-15,19,21H2,1H3,(H,42,43)/t26-/m1/s1. The molecule has 2 aliphatic heterocycles. The van der Waals surface area contributed by atoms with Crippen LogP contribution in [0.15, 0.2) is 36.5 Å². The fraction of sp³-hybridized carbons (Fsp3) is 0.515. The van der Waals surface area contributed by atoms with Gasteiger partial charge >= 0.3 is 5.97 Å². The molecule has 45 heavy (non-hydrogen) atoms. The van der Waals surface area contributed by atoms with E-state index in [1.54, 1.807) is 19.4 Å². The quantitative estimate of drug-likeness (QED) is 0.177. The summed E-state index contributed by atoms with van der Waals surface area (Å²) in [6.07, 6.45) is 2.11. The maximum atomic E-state index is 16.5. The van der Waals surface area contributed by atoms with Crippen LogP contribution in [0.5, 0.6) is 5.75 Å². The number of ether oxygens (including phenoxy) is 2. The molecule has 0 unspecified atom stereocenters. The van der Waals surface area contributed by atoms with Crippen LogP contribution >= 0.6 is 0 Å². The van der Waals surface area contributed by atoms with Crippen molar-refractivity contribution in [3.63, 3.8) is 0 Å². The van der Waals surface area contributed by atoms with E-state index in [0.29, 0.717) is 87.4 Å². The molecule has 0 saturated carbocycles. The van der Waals surface area contributed by atoms with Crippen molar-refractivity contribution in [1.82, 2.24) is 14.8 Å². The van der Waals surface area contributed by atoms with Crippen LogP contribution in [0.1, 0.15) is 49.4 Å². The minimum absolute atomic E-state index is 0.0501. The number of nitrogens with zero attached hydrogens (tertiary/aromatic N) is 3. The lowest BCUT2D eigenvalue weighted by molar-refractivity contribution is -0.141. The van der Waals surface area contributed by atoms with E-state index in [0.717, 1.165) is 30.8 Å². The number of hydrogen-bond donors (Lipinski definition) is 2. The molecule has 0 radical (unpaired) electrons. The second kappa shape index (κ2) is 14.7. The molecule has 0 bridgehead atoms. The lowest BCUT2D eigenvalue weighted by Crippen LogP contribution is -2.43. The number of benzene rings is 2. The topological polar surface area (TPSA) is 87.2 Å². The Labute approximate surface area is 260 Å². The summed E-state index contributed by atoms with van der Waals surface area (Å²) >= 11 is 0. The highest BCUT2D eigenvalue weighted by atomic mass is 19.2. The number of morpholine rings is 1. The molecule has 2 fully saturated rings. The molecule has 244 valence electrons. The van der Waals surface area contributed by atoms with E-state index in [9.17, 15) is 23.1 Å². The number of anilines is 1. The Hall–Kier alpha value is -3.48. The first-order valence-electron chi connectivity index (χ1n) is 15.4. The van der Waals surface area contributed by atoms with Gasteiger partial charge in [-0.05, 0) is 68.0 Å². The average molecular weight is 633 g/mol. The van der Waals surface area contributed by atoms with Crippen LogP contribution in [0.3, 0.4) is 0 Å². The van der Waals surface area contributed by atoms with Crippen molar-refractivity contribution in [2.75, 3.05) is 64.9 Å². The van der Waals surface area contributed by atoms with Gasteiger partial charge in [0, 0.05) is 67.7 Å². The van der Waals surface area contributed by atoms with Crippen molar-refractivity contribution in [2.45, 2.75) is 44.8 Å². The van der Waals surface area contributed by atoms with Gasteiger partial charge in [-0.15, -0.1) is 0 Å². The average Bonchev–Trinajstić information content (AvgIpc) is 3.03. The van der Waals surface area contributed by atoms with Crippen LogP contribution in [0.4, 0.5) is 23.2 Å². The van der Waals surface area contributed by atoms with E-state index in [2.05, 4.69) is 20.1 Å². The largest absolute Gasteiger partial charge is 0.497 e. The Morgan fingerprint density at radius 3 is 2.47 bits per heavy atom. The van der Waals surface area contributed by atoms with Gasteiger partial charge in [0.2, 0.25) is 0 Å². The molecule has 2 saturated heterocycles. The second-order valence-electron chi connectivity index (χ2n) is 12.1. The van der Waals surface area contributed by atoms with E-state index in [1.807, 2.05) is 12.1 Å². The number of carboxylic acids is 1. The van der Waals surface area contributed by atoms with Crippen LogP contribution < -0.4 is 10.1 Å². The van der Waals surface area contributed by atoms with Crippen LogP contribution in [0, 0.1) is 22.9 Å². The zero-order valence-electron chi connectivity index (χ0n) is 25.5. The highest BCUT2D eigenvalue weighted by molar-refractivity contribution is 5.85. The third-order valence-corrected chi connectivity index (χ3v) is 9.12. The number of halogens is 4. The molecular weight excluding hydrogens is 592 g/mol. The maximum Gasteiger partial charge on any atom is 0.303 e. The number of pyridine rings is 1. The van der Waals surface area contributed by atoms with Gasteiger partial charge < -0.3 is 24.8 Å². The van der Waals surface area contributed by atoms with E-state index in [4.69, 9.17) is 9.47 Å². The molecule has 2 N–H and O–H groups in total. The Morgan fingerprint density at radius 2 is 1.80 bits per heavy atom. The van der Waals surface area contributed by atoms with E-state index in [-0.39, 0.29) is 18.5 Å². The fourth-order valence-electron chi connectivity index (χ4n) is 6.54. The summed E-state index contributed by atoms with van der Waals surface area (Å²) in [4.78, 5) is 20.9. The predicted octanol–water partition coefficient (Wildman–Crippen LogP) is 5.95. The second-order valence-corrected chi connectivity index (χ2v) is 12.1. The number of carbonyl (C=O) groups is 1. The number of piperidine rings is 1. The Balaban J connectivity index is 1.26. The summed E-state index contributed by atoms with van der Waals surface area (Å²) in [5.41, 5.74) is 1.64. The predicted molar refractivity (Wildman–Crippen MR) is 163 cm³/mol. The van der Waals surface area contributed by atoms with Gasteiger partial charge in [-0.25, -0.2) is 17.6 Å². The van der Waals surface area contributed by atoms with Crippen LogP contribution in [0.2, 0.25) is 0 Å². The van der Waals surface area contributed by atoms with Crippen LogP contribution in [-0.4, -0.2) is 85.5 Å². The minimum atomic E-state index is -1.51. The molecule has 3 aromatic rings. The van der Waals surface area contributed by atoms with Crippen molar-refractivity contribution >= 4 is 22.6 Å². The number of carboxylic acid groups (broad SMARTS) is 1. The zero-order chi connectivity index (χ0) is 32.0. The number of nitrogens with one attached hydrogen (secondary N) is 1. The molecule has 5 rings (SSSR count). The van der Waals surface area contributed by atoms with E-state index in [1.165, 1.54) is 0 Å². The first-order valence-corrected chi connectivity index (χ1v) is 15.4. The highest BCUT2D eigenvalue weighted by Gasteiger charge is 2.37. The Morgan fingerprint density at radius 1 is 1.09 bits per heavy atom. The fourth-order valence-corrected chi connectivity index (χ4v) is 6.54. The molecule has 12 heteroatoms. The van der Waals surface area contributed by atoms with Gasteiger partial charge in [0.05, 0.1) is 32.3 Å². The number of likely N-dealkylation sites (tertiary alicyclic amines) is 1. The van der Waals surface area contributed by atoms with E-state index < -0.39 is 35.0 Å². The lowest BCUT2D eigenvalue weighted by Gasteiger charge is -2.41. The monoisotopic (exact) mass is 632 g/mol. The number of fused-ring (bicyclic) bond motifs is 1. The van der Waals surface area contributed by atoms with E-state index >= 15 is 4.39 Å². The number of hydrogen-bond acceptors (Lipinski definition) is 7. The Bertz CT molecular complexity index is 1460. The SMILES string of the molecule is COc1ccc2ncc(CN3CCOCC3)c([C@H](F)CCC3(CC(=O)O)CCN(CCNc4cc(F)c(F)c(F)c4)CC3)c2c1. The lowest BCUT2D eigenvalue weighted by atomic mass is 9.71. The Kier molecular flexibility index (Phi) is 10.8. The van der Waals surface area contributed by atoms with Gasteiger partial charge in [0.15, 0.2) is 17.5 Å². The van der Waals surface area contributed by atoms with Gasteiger partial charge in [0.25, 0.3) is 0 Å². The summed E-state index contributed by atoms with van der Waals surface area (Å²) in [6.45, 7) is 5.41. The molecule has 2 aliphatic rings. The summed E-state index contributed by atoms with van der Waals surface area (Å²) < 4.78 is 67.7. The number of aromatic nitrogens is 1. The van der Waals surface area contributed by atoms with Crippen molar-refractivity contribution in [3.05, 3.63) is 65.1 Å². The first kappa shape index (κ1) is 32.9. The molecular formula is C33H40F4N4O4. The van der Waals surface area contributed by atoms with Crippen LogP contribution in [-0.2, 0) is 16.1 Å². The van der Waals surface area contributed by atoms with Crippen molar-refractivity contribution in [3.8, 4) is 5.75 Å². The first-order chi connectivity index (χ1) is 21.7. The number of aliphatic carboxylic acids is 1. The molecule has 0 amide bonds. The van der Waals surface area contributed by atoms with Crippen LogP contribution in [0.25, 0.3) is 10.9 Å². The summed E-state index contributed by atoms with van der Waals surface area (Å²) in [5, 5.41) is 13.4. The molecule has 3 heterocycles. The minimum Gasteiger partial charge on any atom is -0.497 e. The molecule has 1 atom stereocenters. The smallest absolute Gasteiger partial charge is 0.303 e. The summed E-state index contributed by atoms with van der Waals surface area (Å²) in [7, 11) is 1.57. The number of rotatable bonds is 13. The summed E-state index contributed by atoms with van der Waals surface area (Å²) in [5.74, 6) is -4.32. The van der Waals surface area contributed by atoms with Crippen molar-refractivity contribution in [2.24, 2.45) is 5.41 Å². The zero-order valence-corrected chi connectivity index (χ0v) is 25.5. The van der Waals surface area contributed by atoms with Gasteiger partial charge in [0.1, 0.15) is 11.9 Å². The third-order valence-electron chi connectivity index (χ3n) is 9.12. The third kappa shape index (κ3) is 8.22. The maximum absolute atomic E-state index is 16.5. The molecule has 0 aliphatic carbocycles. The van der Waals surface area contributed by atoms with Gasteiger partial charge in [-0.3, -0.25) is 14.7 Å². The number of methoxy groups -OCH3 is 1. The van der Waals surface area contributed by atoms with Crippen molar-refractivity contribution in [1.29, 1.82) is 0 Å². The molecule has 2 aromatic carbocycles. The highest BCUT2D eigenvalue weighted by Crippen LogP contribution is 2.43. The summed E-state index contributed by atoms with van der Waals surface area (Å²) in [6, 6.07) is 7.27. The molecule has 8 nitrogen and oxygen atoms in total. The van der Waals surface area contributed by atoms with Gasteiger partial charge in [-0.2, -0.15) is 0 Å². The number of alkyl halides is 1. The van der Waals surface area contributed by atoms with Gasteiger partial charge in [-0.1, -0.05) is 0 Å². The molecule has 0 spiro atoms.